The molecule has 2 aromatic heterocycles. The minimum atomic E-state index is -4.48. The number of nitrogens with zero attached hydrogens (tertiary/aromatic N) is 3. The first-order chi connectivity index (χ1) is 7.50. The number of nitrogens with one attached hydrogen (secondary N) is 2. The fraction of sp³-hybridized carbons (Fsp3) is 0.125. The van der Waals surface area contributed by atoms with E-state index in [1.54, 1.807) is 6.07 Å². The van der Waals surface area contributed by atoms with Crippen molar-refractivity contribution < 1.29 is 13.2 Å². The molecule has 0 amide bonds. The molecule has 0 aliphatic carbocycles. The van der Waals surface area contributed by atoms with Crippen LogP contribution in [-0.2, 0) is 6.18 Å². The van der Waals surface area contributed by atoms with Gasteiger partial charge < -0.3 is 9.97 Å². The van der Waals surface area contributed by atoms with Crippen molar-refractivity contribution in [2.75, 3.05) is 0 Å². The van der Waals surface area contributed by atoms with E-state index < -0.39 is 11.9 Å². The van der Waals surface area contributed by atoms with Crippen LogP contribution in [0.2, 0.25) is 0 Å². The highest BCUT2D eigenvalue weighted by atomic mass is 19.4. The molecule has 5 nitrogen and oxygen atoms in total. The van der Waals surface area contributed by atoms with E-state index in [1.165, 1.54) is 6.20 Å². The highest BCUT2D eigenvalue weighted by Gasteiger charge is 2.33. The standard InChI is InChI=1S/C8H4F3N5/c9-8(10,11)5-3-14-7(16-5)6-13-2-4(1-12)15-6/h2-3H,(H,13,15)(H,14,16). The molecule has 0 unspecified atom stereocenters. The molecule has 0 bridgehead atoms. The summed E-state index contributed by atoms with van der Waals surface area (Å²) in [4.78, 5) is 11.8. The second-order valence-corrected chi connectivity index (χ2v) is 2.90. The molecule has 0 atom stereocenters. The highest BCUT2D eigenvalue weighted by molar-refractivity contribution is 5.45. The predicted octanol–water partition coefficient (Wildman–Crippen LogP) is 1.69. The van der Waals surface area contributed by atoms with Crippen molar-refractivity contribution in [3.63, 3.8) is 0 Å². The Bertz CT molecular complexity index is 545. The van der Waals surface area contributed by atoms with Gasteiger partial charge in [0.1, 0.15) is 17.5 Å². The maximum Gasteiger partial charge on any atom is 0.432 e. The van der Waals surface area contributed by atoms with Gasteiger partial charge in [0.05, 0.1) is 12.4 Å². The average Bonchev–Trinajstić information content (AvgIpc) is 2.85. The molecule has 0 fully saturated rings. The Hall–Kier alpha value is -2.30. The summed E-state index contributed by atoms with van der Waals surface area (Å²) >= 11 is 0. The number of aromatic amines is 2. The van der Waals surface area contributed by atoms with E-state index in [-0.39, 0.29) is 17.3 Å². The Kier molecular flexibility index (Phi) is 2.16. The largest absolute Gasteiger partial charge is 0.432 e. The average molecular weight is 227 g/mol. The van der Waals surface area contributed by atoms with Gasteiger partial charge in [-0.25, -0.2) is 9.97 Å². The molecule has 2 aromatic rings. The van der Waals surface area contributed by atoms with Gasteiger partial charge in [-0.05, 0) is 0 Å². The first-order valence-corrected chi connectivity index (χ1v) is 4.08. The first kappa shape index (κ1) is 10.2. The van der Waals surface area contributed by atoms with E-state index in [2.05, 4.69) is 19.9 Å². The fourth-order valence-corrected chi connectivity index (χ4v) is 1.08. The van der Waals surface area contributed by atoms with E-state index in [1.807, 2.05) is 0 Å². The van der Waals surface area contributed by atoms with Gasteiger partial charge in [-0.3, -0.25) is 0 Å². The Balaban J connectivity index is 2.36. The minimum Gasteiger partial charge on any atom is -0.332 e. The molecule has 8 heteroatoms. The van der Waals surface area contributed by atoms with Crippen LogP contribution in [0, 0.1) is 11.3 Å². The van der Waals surface area contributed by atoms with Gasteiger partial charge in [-0.15, -0.1) is 0 Å². The van der Waals surface area contributed by atoms with Crippen LogP contribution in [0.1, 0.15) is 11.4 Å². The summed E-state index contributed by atoms with van der Waals surface area (Å²) in [6.07, 6.45) is -2.59. The molecule has 2 rings (SSSR count). The molecule has 0 aliphatic heterocycles. The summed E-state index contributed by atoms with van der Waals surface area (Å²) in [6, 6.07) is 1.77. The normalized spacial score (nSPS) is 11.4. The lowest BCUT2D eigenvalue weighted by molar-refractivity contribution is -0.140. The Morgan fingerprint density at radius 3 is 2.25 bits per heavy atom. The van der Waals surface area contributed by atoms with E-state index >= 15 is 0 Å². The first-order valence-electron chi connectivity index (χ1n) is 4.08. The van der Waals surface area contributed by atoms with E-state index in [9.17, 15) is 13.2 Å². The summed E-state index contributed by atoms with van der Waals surface area (Å²) in [6.45, 7) is 0. The molecule has 0 spiro atoms. The van der Waals surface area contributed by atoms with Crippen LogP contribution < -0.4 is 0 Å². The van der Waals surface area contributed by atoms with Gasteiger partial charge in [0.25, 0.3) is 0 Å². The summed E-state index contributed by atoms with van der Waals surface area (Å²) in [7, 11) is 0. The molecular formula is C8H4F3N5. The number of imidazole rings is 2. The van der Waals surface area contributed by atoms with Gasteiger partial charge >= 0.3 is 6.18 Å². The van der Waals surface area contributed by atoms with Gasteiger partial charge in [-0.2, -0.15) is 18.4 Å². The zero-order valence-corrected chi connectivity index (χ0v) is 7.63. The van der Waals surface area contributed by atoms with Crippen molar-refractivity contribution in [3.8, 4) is 17.7 Å². The number of alkyl halides is 3. The third-order valence-electron chi connectivity index (χ3n) is 1.80. The van der Waals surface area contributed by atoms with Crippen molar-refractivity contribution in [1.82, 2.24) is 19.9 Å². The molecule has 0 aromatic carbocycles. The highest BCUT2D eigenvalue weighted by Crippen LogP contribution is 2.28. The Morgan fingerprint density at radius 2 is 1.75 bits per heavy atom. The monoisotopic (exact) mass is 227 g/mol. The molecule has 0 aliphatic rings. The Labute approximate surface area is 87.0 Å². The van der Waals surface area contributed by atoms with E-state index in [4.69, 9.17) is 5.26 Å². The zero-order chi connectivity index (χ0) is 11.8. The minimum absolute atomic E-state index is 0.0613. The van der Waals surface area contributed by atoms with Crippen LogP contribution in [-0.4, -0.2) is 19.9 Å². The second-order valence-electron chi connectivity index (χ2n) is 2.90. The maximum atomic E-state index is 12.2. The fourth-order valence-electron chi connectivity index (χ4n) is 1.08. The van der Waals surface area contributed by atoms with Crippen molar-refractivity contribution in [2.45, 2.75) is 6.18 Å². The number of H-pyrrole nitrogens is 2. The van der Waals surface area contributed by atoms with Crippen molar-refractivity contribution >= 4 is 0 Å². The summed E-state index contributed by atoms with van der Waals surface area (Å²) in [5.41, 5.74) is -0.808. The van der Waals surface area contributed by atoms with Crippen LogP contribution in [0.3, 0.4) is 0 Å². The lowest BCUT2D eigenvalue weighted by Crippen LogP contribution is -2.04. The van der Waals surface area contributed by atoms with Gasteiger partial charge in [0.2, 0.25) is 0 Å². The van der Waals surface area contributed by atoms with Crippen LogP contribution in [0.4, 0.5) is 13.2 Å². The van der Waals surface area contributed by atoms with E-state index in [0.29, 0.717) is 6.20 Å². The van der Waals surface area contributed by atoms with Gasteiger partial charge in [0, 0.05) is 0 Å². The number of aromatic nitrogens is 4. The smallest absolute Gasteiger partial charge is 0.332 e. The van der Waals surface area contributed by atoms with E-state index in [0.717, 1.165) is 0 Å². The SMILES string of the molecule is N#Cc1cnc(-c2ncc(C(F)(F)F)[nH]2)[nH]1. The van der Waals surface area contributed by atoms with Crippen LogP contribution in [0.25, 0.3) is 11.6 Å². The van der Waals surface area contributed by atoms with Gasteiger partial charge in [-0.1, -0.05) is 0 Å². The molecule has 0 radical (unpaired) electrons. The topological polar surface area (TPSA) is 81.2 Å². The lowest BCUT2D eigenvalue weighted by atomic mass is 10.5. The molecule has 0 saturated heterocycles. The third-order valence-corrected chi connectivity index (χ3v) is 1.80. The van der Waals surface area contributed by atoms with Gasteiger partial charge in [0.15, 0.2) is 11.6 Å². The number of hydrogen-bond acceptors (Lipinski definition) is 3. The molecule has 16 heavy (non-hydrogen) atoms. The quantitative estimate of drug-likeness (QED) is 0.777. The molecular weight excluding hydrogens is 223 g/mol. The number of halogens is 3. The van der Waals surface area contributed by atoms with Crippen LogP contribution in [0.15, 0.2) is 12.4 Å². The van der Waals surface area contributed by atoms with Crippen molar-refractivity contribution in [1.29, 1.82) is 5.26 Å². The van der Waals surface area contributed by atoms with Crippen LogP contribution in [0.5, 0.6) is 0 Å². The van der Waals surface area contributed by atoms with Crippen molar-refractivity contribution in [3.05, 3.63) is 23.8 Å². The number of nitriles is 1. The zero-order valence-electron chi connectivity index (χ0n) is 7.63. The molecule has 0 saturated carbocycles. The summed E-state index contributed by atoms with van der Waals surface area (Å²) < 4.78 is 36.7. The maximum absolute atomic E-state index is 12.2. The second kappa shape index (κ2) is 3.37. The molecule has 2 heterocycles. The third kappa shape index (κ3) is 1.75. The van der Waals surface area contributed by atoms with Crippen LogP contribution >= 0.6 is 0 Å². The number of rotatable bonds is 1. The Morgan fingerprint density at radius 1 is 1.12 bits per heavy atom. The molecule has 2 N–H and O–H groups in total. The summed E-state index contributed by atoms with van der Waals surface area (Å²) in [5, 5.41) is 8.50. The lowest BCUT2D eigenvalue weighted by Gasteiger charge is -2.00. The molecule has 82 valence electrons. The number of hydrogen-bond donors (Lipinski definition) is 2. The predicted molar refractivity (Wildman–Crippen MR) is 45.9 cm³/mol. The summed E-state index contributed by atoms with van der Waals surface area (Å²) in [5.74, 6) is 0.0286. The van der Waals surface area contributed by atoms with Crippen molar-refractivity contribution in [2.24, 2.45) is 0 Å².